The summed E-state index contributed by atoms with van der Waals surface area (Å²) in [6.45, 7) is 4.26. The van der Waals surface area contributed by atoms with E-state index in [4.69, 9.17) is 0 Å². The number of benzene rings is 1. The average molecular weight is 280 g/mol. The number of rotatable bonds is 5. The van der Waals surface area contributed by atoms with Crippen molar-refractivity contribution >= 4 is 0 Å². The molecule has 0 aliphatic carbocycles. The Morgan fingerprint density at radius 1 is 1.35 bits per heavy atom. The Morgan fingerprint density at radius 2 is 2.10 bits per heavy atom. The molecule has 0 saturated carbocycles. The van der Waals surface area contributed by atoms with Gasteiger partial charge in [0.15, 0.2) is 0 Å². The zero-order valence-electron chi connectivity index (χ0n) is 11.8. The summed E-state index contributed by atoms with van der Waals surface area (Å²) in [7, 11) is 1.70. The van der Waals surface area contributed by atoms with Crippen molar-refractivity contribution in [2.75, 3.05) is 6.54 Å². The van der Waals surface area contributed by atoms with Gasteiger partial charge < -0.3 is 5.32 Å². The van der Waals surface area contributed by atoms with E-state index < -0.39 is 17.7 Å². The summed E-state index contributed by atoms with van der Waals surface area (Å²) in [6.07, 6.45) is 2.38. The summed E-state index contributed by atoms with van der Waals surface area (Å²) in [5.74, 6) is -1.09. The molecule has 1 heterocycles. The van der Waals surface area contributed by atoms with E-state index in [1.165, 1.54) is 23.0 Å². The van der Waals surface area contributed by atoms with Gasteiger partial charge in [-0.25, -0.2) is 8.78 Å². The Balaban J connectivity index is 2.52. The van der Waals surface area contributed by atoms with Crippen LogP contribution in [0.25, 0.3) is 0 Å². The molecule has 108 valence electrons. The zero-order valence-corrected chi connectivity index (χ0v) is 11.8. The molecule has 1 unspecified atom stereocenters. The first-order valence-corrected chi connectivity index (χ1v) is 6.58. The maximum Gasteiger partial charge on any atom is 0.134 e. The maximum atomic E-state index is 14.3. The molecule has 6 heteroatoms. The largest absolute Gasteiger partial charge is 0.305 e. The highest BCUT2D eigenvalue weighted by Gasteiger charge is 2.25. The number of hydrogen-bond donors (Lipinski definition) is 1. The summed E-state index contributed by atoms with van der Waals surface area (Å²) in [5.41, 5.74) is 1.06. The molecule has 0 bridgehead atoms. The minimum atomic E-state index is -0.602. The highest BCUT2D eigenvalue weighted by molar-refractivity contribution is 5.33. The Morgan fingerprint density at radius 3 is 2.70 bits per heavy atom. The van der Waals surface area contributed by atoms with Crippen LogP contribution in [0.4, 0.5) is 8.78 Å². The summed E-state index contributed by atoms with van der Waals surface area (Å²) >= 11 is 0. The van der Waals surface area contributed by atoms with Crippen LogP contribution in [0.2, 0.25) is 0 Å². The molecule has 1 atom stereocenters. The van der Waals surface area contributed by atoms with Crippen molar-refractivity contribution in [3.8, 4) is 0 Å². The van der Waals surface area contributed by atoms with E-state index in [0.29, 0.717) is 17.8 Å². The second-order valence-corrected chi connectivity index (χ2v) is 4.76. The number of nitrogens with zero attached hydrogens (tertiary/aromatic N) is 3. The molecular weight excluding hydrogens is 262 g/mol. The first-order valence-electron chi connectivity index (χ1n) is 6.58. The number of nitrogens with one attached hydrogen (secondary N) is 1. The van der Waals surface area contributed by atoms with Crippen LogP contribution in [-0.4, -0.2) is 21.5 Å². The normalized spacial score (nSPS) is 12.7. The first kappa shape index (κ1) is 14.6. The van der Waals surface area contributed by atoms with Gasteiger partial charge in [-0.3, -0.25) is 4.68 Å². The summed E-state index contributed by atoms with van der Waals surface area (Å²) in [4.78, 5) is 0. The van der Waals surface area contributed by atoms with Gasteiger partial charge in [0, 0.05) is 12.6 Å². The van der Waals surface area contributed by atoms with Crippen molar-refractivity contribution in [3.63, 3.8) is 0 Å². The van der Waals surface area contributed by atoms with Gasteiger partial charge in [-0.1, -0.05) is 18.2 Å². The van der Waals surface area contributed by atoms with E-state index >= 15 is 0 Å². The predicted octanol–water partition coefficient (Wildman–Crippen LogP) is 2.49. The van der Waals surface area contributed by atoms with E-state index in [1.807, 2.05) is 6.92 Å². The summed E-state index contributed by atoms with van der Waals surface area (Å²) in [6, 6.07) is 2.12. The smallest absolute Gasteiger partial charge is 0.134 e. The van der Waals surface area contributed by atoms with Crippen LogP contribution in [0.5, 0.6) is 0 Å². The van der Waals surface area contributed by atoms with Crippen LogP contribution in [0.3, 0.4) is 0 Å². The number of aromatic nitrogens is 3. The van der Waals surface area contributed by atoms with Crippen LogP contribution in [0.15, 0.2) is 18.3 Å². The van der Waals surface area contributed by atoms with Gasteiger partial charge in [-0.05, 0) is 31.5 Å². The summed E-state index contributed by atoms with van der Waals surface area (Å²) < 4.78 is 30.0. The molecule has 4 nitrogen and oxygen atoms in total. The van der Waals surface area contributed by atoms with Gasteiger partial charge in [-0.15, -0.1) is 5.10 Å². The number of aryl methyl sites for hydroxylation is 2. The van der Waals surface area contributed by atoms with Crippen LogP contribution in [-0.2, 0) is 7.05 Å². The van der Waals surface area contributed by atoms with E-state index in [2.05, 4.69) is 15.6 Å². The molecule has 0 aliphatic rings. The van der Waals surface area contributed by atoms with E-state index in [1.54, 1.807) is 14.0 Å². The van der Waals surface area contributed by atoms with Crippen molar-refractivity contribution in [2.45, 2.75) is 26.3 Å². The Kier molecular flexibility index (Phi) is 4.44. The van der Waals surface area contributed by atoms with E-state index in [-0.39, 0.29) is 5.56 Å². The number of hydrogen-bond acceptors (Lipinski definition) is 3. The fraction of sp³-hybridized carbons (Fsp3) is 0.429. The average Bonchev–Trinajstić information content (AvgIpc) is 2.84. The SMILES string of the molecule is CCCNC(c1c(F)ccc(C)c1F)c1cnnn1C. The first-order chi connectivity index (χ1) is 9.56. The van der Waals surface area contributed by atoms with Crippen molar-refractivity contribution < 1.29 is 8.78 Å². The third-order valence-corrected chi connectivity index (χ3v) is 3.25. The molecule has 0 radical (unpaired) electrons. The lowest BCUT2D eigenvalue weighted by molar-refractivity contribution is 0.482. The second-order valence-electron chi connectivity index (χ2n) is 4.76. The van der Waals surface area contributed by atoms with E-state index in [9.17, 15) is 8.78 Å². The van der Waals surface area contributed by atoms with Gasteiger partial charge in [0.1, 0.15) is 11.6 Å². The van der Waals surface area contributed by atoms with Gasteiger partial charge >= 0.3 is 0 Å². The minimum Gasteiger partial charge on any atom is -0.305 e. The van der Waals surface area contributed by atoms with Gasteiger partial charge in [0.05, 0.1) is 17.9 Å². The molecular formula is C14H18F2N4. The molecule has 1 aromatic carbocycles. The molecule has 2 aromatic rings. The van der Waals surface area contributed by atoms with Crippen molar-refractivity contribution in [1.82, 2.24) is 20.3 Å². The molecule has 1 aromatic heterocycles. The second kappa shape index (κ2) is 6.09. The molecule has 20 heavy (non-hydrogen) atoms. The lowest BCUT2D eigenvalue weighted by atomic mass is 10.00. The van der Waals surface area contributed by atoms with Crippen LogP contribution < -0.4 is 5.32 Å². The molecule has 0 amide bonds. The molecule has 0 fully saturated rings. The van der Waals surface area contributed by atoms with Crippen molar-refractivity contribution in [3.05, 3.63) is 46.8 Å². The Bertz CT molecular complexity index is 595. The lowest BCUT2D eigenvalue weighted by Gasteiger charge is -2.20. The standard InChI is InChI=1S/C14H18F2N4/c1-4-7-17-14(11-8-18-19-20(11)3)12-10(15)6-5-9(2)13(12)16/h5-6,8,14,17H,4,7H2,1-3H3. The predicted molar refractivity (Wildman–Crippen MR) is 72.2 cm³/mol. The monoisotopic (exact) mass is 280 g/mol. The Labute approximate surface area is 116 Å². The highest BCUT2D eigenvalue weighted by Crippen LogP contribution is 2.27. The van der Waals surface area contributed by atoms with Crippen molar-refractivity contribution in [1.29, 1.82) is 0 Å². The fourth-order valence-corrected chi connectivity index (χ4v) is 2.15. The van der Waals surface area contributed by atoms with Gasteiger partial charge in [0.25, 0.3) is 0 Å². The maximum absolute atomic E-state index is 14.3. The fourth-order valence-electron chi connectivity index (χ4n) is 2.15. The quantitative estimate of drug-likeness (QED) is 0.915. The lowest BCUT2D eigenvalue weighted by Crippen LogP contribution is -2.27. The molecule has 2 rings (SSSR count). The van der Waals surface area contributed by atoms with Gasteiger partial charge in [0.2, 0.25) is 0 Å². The molecule has 0 spiro atoms. The molecule has 0 aliphatic heterocycles. The third kappa shape index (κ3) is 2.70. The van der Waals surface area contributed by atoms with Crippen molar-refractivity contribution in [2.24, 2.45) is 7.05 Å². The topological polar surface area (TPSA) is 42.7 Å². The van der Waals surface area contributed by atoms with Gasteiger partial charge in [-0.2, -0.15) is 0 Å². The molecule has 0 saturated heterocycles. The summed E-state index contributed by atoms with van der Waals surface area (Å²) in [5, 5.41) is 10.8. The number of halogens is 2. The van der Waals surface area contributed by atoms with Crippen LogP contribution in [0.1, 0.15) is 36.2 Å². The third-order valence-electron chi connectivity index (χ3n) is 3.25. The minimum absolute atomic E-state index is 0.0175. The highest BCUT2D eigenvalue weighted by atomic mass is 19.1. The molecule has 1 N–H and O–H groups in total. The van der Waals surface area contributed by atoms with E-state index in [0.717, 1.165) is 6.42 Å². The van der Waals surface area contributed by atoms with Crippen LogP contribution in [0, 0.1) is 18.6 Å². The zero-order chi connectivity index (χ0) is 14.7. The van der Waals surface area contributed by atoms with Crippen LogP contribution >= 0.6 is 0 Å². The Hall–Kier alpha value is -1.82.